The number of hydrogen-bond donors (Lipinski definition) is 0. The zero-order valence-electron chi connectivity index (χ0n) is 19.8. The first-order valence-electron chi connectivity index (χ1n) is 12.3. The highest BCUT2D eigenvalue weighted by Crippen LogP contribution is 2.43. The minimum absolute atomic E-state index is 0.184. The van der Waals surface area contributed by atoms with Gasteiger partial charge in [-0.15, -0.1) is 0 Å². The van der Waals surface area contributed by atoms with Crippen LogP contribution in [0.15, 0.2) is 65.8 Å². The standard InChI is InChI=1S/C30H38O/c1-5-7-8-9-10-26-20-25-14-13-23(6-2)19-28(25)30(26)31-27-17-15-24(16-18-27)29-21(3)11-12-22(29)4/h11-19,26,29-30H,5-10,20H2,1-4H3/t26-,30+/m0/s1. The van der Waals surface area contributed by atoms with Gasteiger partial charge in [-0.25, -0.2) is 0 Å². The molecule has 2 aromatic rings. The molecule has 0 N–H and O–H groups in total. The van der Waals surface area contributed by atoms with Gasteiger partial charge in [0.2, 0.25) is 0 Å². The van der Waals surface area contributed by atoms with Crippen molar-refractivity contribution in [1.29, 1.82) is 0 Å². The molecule has 164 valence electrons. The summed E-state index contributed by atoms with van der Waals surface area (Å²) in [5, 5.41) is 0. The second-order valence-corrected chi connectivity index (χ2v) is 9.56. The third-order valence-corrected chi connectivity index (χ3v) is 7.26. The summed E-state index contributed by atoms with van der Waals surface area (Å²) >= 11 is 0. The van der Waals surface area contributed by atoms with Crippen LogP contribution in [0.25, 0.3) is 0 Å². The van der Waals surface area contributed by atoms with Gasteiger partial charge in [0.25, 0.3) is 0 Å². The smallest absolute Gasteiger partial charge is 0.127 e. The summed E-state index contributed by atoms with van der Waals surface area (Å²) in [5.74, 6) is 2.02. The normalized spacial score (nSPS) is 20.5. The predicted molar refractivity (Wildman–Crippen MR) is 132 cm³/mol. The molecule has 1 nitrogen and oxygen atoms in total. The Morgan fingerprint density at radius 2 is 1.61 bits per heavy atom. The molecule has 2 atom stereocenters. The van der Waals surface area contributed by atoms with E-state index in [0.717, 1.165) is 18.6 Å². The number of ether oxygens (including phenoxy) is 1. The highest BCUT2D eigenvalue weighted by molar-refractivity contribution is 5.46. The lowest BCUT2D eigenvalue weighted by molar-refractivity contribution is 0.142. The van der Waals surface area contributed by atoms with E-state index in [4.69, 9.17) is 4.74 Å². The molecular formula is C30H38O. The molecular weight excluding hydrogens is 376 g/mol. The first-order valence-corrected chi connectivity index (χ1v) is 12.3. The fourth-order valence-corrected chi connectivity index (χ4v) is 5.43. The van der Waals surface area contributed by atoms with E-state index >= 15 is 0 Å². The molecule has 2 aromatic carbocycles. The average Bonchev–Trinajstić information content (AvgIpc) is 3.30. The minimum atomic E-state index is 0.184. The van der Waals surface area contributed by atoms with E-state index in [0.29, 0.717) is 11.8 Å². The molecule has 0 spiro atoms. The Morgan fingerprint density at radius 3 is 2.29 bits per heavy atom. The number of hydrogen-bond acceptors (Lipinski definition) is 1. The van der Waals surface area contributed by atoms with Crippen LogP contribution in [0.1, 0.15) is 94.1 Å². The third-order valence-electron chi connectivity index (χ3n) is 7.26. The fraction of sp³-hybridized carbons (Fsp3) is 0.467. The van der Waals surface area contributed by atoms with E-state index in [1.165, 1.54) is 65.5 Å². The maximum absolute atomic E-state index is 6.71. The van der Waals surface area contributed by atoms with Crippen LogP contribution >= 0.6 is 0 Å². The second kappa shape index (κ2) is 9.90. The van der Waals surface area contributed by atoms with Gasteiger partial charge in [0.1, 0.15) is 11.9 Å². The number of fused-ring (bicyclic) bond motifs is 1. The number of unbranched alkanes of at least 4 members (excludes halogenated alkanes) is 3. The van der Waals surface area contributed by atoms with Crippen molar-refractivity contribution in [3.63, 3.8) is 0 Å². The summed E-state index contributed by atoms with van der Waals surface area (Å²) < 4.78 is 6.71. The van der Waals surface area contributed by atoms with Crippen LogP contribution in [0.5, 0.6) is 5.75 Å². The Morgan fingerprint density at radius 1 is 0.871 bits per heavy atom. The Labute approximate surface area is 189 Å². The monoisotopic (exact) mass is 414 g/mol. The fourth-order valence-electron chi connectivity index (χ4n) is 5.43. The van der Waals surface area contributed by atoms with E-state index in [9.17, 15) is 0 Å². The second-order valence-electron chi connectivity index (χ2n) is 9.56. The van der Waals surface area contributed by atoms with E-state index in [-0.39, 0.29) is 6.10 Å². The van der Waals surface area contributed by atoms with Gasteiger partial charge in [-0.2, -0.15) is 0 Å². The molecule has 0 unspecified atom stereocenters. The van der Waals surface area contributed by atoms with Gasteiger partial charge in [0, 0.05) is 11.8 Å². The molecule has 31 heavy (non-hydrogen) atoms. The lowest BCUT2D eigenvalue weighted by Gasteiger charge is -2.23. The van der Waals surface area contributed by atoms with E-state index < -0.39 is 0 Å². The average molecular weight is 415 g/mol. The number of allylic oxidation sites excluding steroid dienone is 4. The first-order chi connectivity index (χ1) is 15.1. The summed E-state index contributed by atoms with van der Waals surface area (Å²) in [4.78, 5) is 0. The lowest BCUT2D eigenvalue weighted by atomic mass is 9.90. The van der Waals surface area contributed by atoms with Crippen molar-refractivity contribution in [2.45, 2.75) is 84.7 Å². The van der Waals surface area contributed by atoms with Gasteiger partial charge in [-0.05, 0) is 67.5 Å². The number of rotatable bonds is 9. The van der Waals surface area contributed by atoms with Gasteiger partial charge in [-0.1, -0.05) is 93.2 Å². The van der Waals surface area contributed by atoms with Crippen LogP contribution in [0, 0.1) is 5.92 Å². The molecule has 0 heterocycles. The van der Waals surface area contributed by atoms with Crippen molar-refractivity contribution < 1.29 is 4.74 Å². The highest BCUT2D eigenvalue weighted by Gasteiger charge is 2.34. The highest BCUT2D eigenvalue weighted by atomic mass is 16.5. The summed E-state index contributed by atoms with van der Waals surface area (Å²) in [5.41, 5.74) is 8.55. The first kappa shape index (κ1) is 21.9. The van der Waals surface area contributed by atoms with Gasteiger partial charge in [-0.3, -0.25) is 0 Å². The summed E-state index contributed by atoms with van der Waals surface area (Å²) in [6.07, 6.45) is 13.5. The van der Waals surface area contributed by atoms with Crippen molar-refractivity contribution in [2.24, 2.45) is 5.92 Å². The third kappa shape index (κ3) is 4.81. The molecule has 0 aliphatic heterocycles. The van der Waals surface area contributed by atoms with Gasteiger partial charge in [0.15, 0.2) is 0 Å². The van der Waals surface area contributed by atoms with Crippen LogP contribution in [0.4, 0.5) is 0 Å². The predicted octanol–water partition coefficient (Wildman–Crippen LogP) is 8.50. The Hall–Kier alpha value is -2.28. The van der Waals surface area contributed by atoms with Crippen molar-refractivity contribution in [3.8, 4) is 5.75 Å². The van der Waals surface area contributed by atoms with Gasteiger partial charge in [0.05, 0.1) is 0 Å². The largest absolute Gasteiger partial charge is 0.485 e. The van der Waals surface area contributed by atoms with Crippen molar-refractivity contribution in [3.05, 3.63) is 88.0 Å². The number of aryl methyl sites for hydroxylation is 1. The Bertz CT molecular complexity index is 929. The minimum Gasteiger partial charge on any atom is -0.485 e. The van der Waals surface area contributed by atoms with Gasteiger partial charge >= 0.3 is 0 Å². The molecule has 0 aromatic heterocycles. The molecule has 0 saturated heterocycles. The number of benzene rings is 2. The van der Waals surface area contributed by atoms with Crippen LogP contribution in [-0.4, -0.2) is 0 Å². The SMILES string of the molecule is CCCCCC[C@H]1Cc2ccc(CC)cc2[C@@H]1Oc1ccc(C2C(C)=CC=C2C)cc1. The topological polar surface area (TPSA) is 9.23 Å². The van der Waals surface area contributed by atoms with Crippen molar-refractivity contribution in [2.75, 3.05) is 0 Å². The molecule has 0 amide bonds. The molecule has 0 fully saturated rings. The molecule has 2 aliphatic rings. The van der Waals surface area contributed by atoms with Gasteiger partial charge < -0.3 is 4.74 Å². The summed E-state index contributed by atoms with van der Waals surface area (Å²) in [6.45, 7) is 8.98. The van der Waals surface area contributed by atoms with Crippen molar-refractivity contribution >= 4 is 0 Å². The molecule has 0 bridgehead atoms. The Kier molecular flexibility index (Phi) is 7.00. The quantitative estimate of drug-likeness (QED) is 0.374. The molecule has 0 radical (unpaired) electrons. The maximum Gasteiger partial charge on any atom is 0.127 e. The molecule has 1 heteroatoms. The summed E-state index contributed by atoms with van der Waals surface area (Å²) in [6, 6.07) is 15.9. The van der Waals surface area contributed by atoms with Crippen molar-refractivity contribution in [1.82, 2.24) is 0 Å². The van der Waals surface area contributed by atoms with E-state index in [1.807, 2.05) is 0 Å². The lowest BCUT2D eigenvalue weighted by Crippen LogP contribution is -2.15. The van der Waals surface area contributed by atoms with Crippen LogP contribution in [0.2, 0.25) is 0 Å². The zero-order valence-corrected chi connectivity index (χ0v) is 19.8. The maximum atomic E-state index is 6.71. The summed E-state index contributed by atoms with van der Waals surface area (Å²) in [7, 11) is 0. The van der Waals surface area contributed by atoms with Crippen LogP contribution < -0.4 is 4.74 Å². The van der Waals surface area contributed by atoms with Crippen LogP contribution in [0.3, 0.4) is 0 Å². The zero-order chi connectivity index (χ0) is 21.8. The van der Waals surface area contributed by atoms with E-state index in [2.05, 4.69) is 82.3 Å². The Balaban J connectivity index is 1.52. The van der Waals surface area contributed by atoms with E-state index in [1.54, 1.807) is 0 Å². The molecule has 0 saturated carbocycles. The molecule has 4 rings (SSSR count). The van der Waals surface area contributed by atoms with Crippen LogP contribution in [-0.2, 0) is 12.8 Å². The molecule has 2 aliphatic carbocycles.